The Labute approximate surface area is 135 Å². The number of rotatable bonds is 0. The van der Waals surface area contributed by atoms with Crippen LogP contribution in [0.3, 0.4) is 0 Å². The molecule has 0 bridgehead atoms. The average molecular weight is 304 g/mol. The van der Waals surface area contributed by atoms with Gasteiger partial charge in [0.2, 0.25) is 0 Å². The first-order valence-electron chi connectivity index (χ1n) is 9.57. The molecule has 0 aliphatic heterocycles. The van der Waals surface area contributed by atoms with Crippen molar-refractivity contribution in [2.24, 2.45) is 40.4 Å². The van der Waals surface area contributed by atoms with E-state index in [2.05, 4.69) is 20.8 Å². The van der Waals surface area contributed by atoms with Gasteiger partial charge in [-0.2, -0.15) is 0 Å². The van der Waals surface area contributed by atoms with E-state index in [1.165, 1.54) is 32.1 Å². The van der Waals surface area contributed by atoms with Gasteiger partial charge in [0.1, 0.15) is 5.78 Å². The topological polar surface area (TPSA) is 37.3 Å². The molecule has 8 atom stereocenters. The zero-order chi connectivity index (χ0) is 15.7. The summed E-state index contributed by atoms with van der Waals surface area (Å²) in [6.45, 7) is 7.21. The predicted molar refractivity (Wildman–Crippen MR) is 87.3 cm³/mol. The molecular formula is C20H32O2. The summed E-state index contributed by atoms with van der Waals surface area (Å²) in [7, 11) is 0. The molecule has 0 aromatic rings. The molecule has 4 aliphatic carbocycles. The Balaban J connectivity index is 1.67. The van der Waals surface area contributed by atoms with Gasteiger partial charge in [0, 0.05) is 12.8 Å². The van der Waals surface area contributed by atoms with E-state index in [-0.39, 0.29) is 11.5 Å². The predicted octanol–water partition coefficient (Wildman–Crippen LogP) is 4.21. The molecular weight excluding hydrogens is 272 g/mol. The third kappa shape index (κ3) is 1.79. The summed E-state index contributed by atoms with van der Waals surface area (Å²) in [5.74, 6) is 3.99. The van der Waals surface area contributed by atoms with Crippen molar-refractivity contribution in [3.63, 3.8) is 0 Å². The molecule has 0 heterocycles. The second kappa shape index (κ2) is 4.82. The van der Waals surface area contributed by atoms with Gasteiger partial charge in [-0.1, -0.05) is 20.8 Å². The number of carbonyl (C=O) groups is 1. The van der Waals surface area contributed by atoms with Crippen molar-refractivity contribution in [2.45, 2.75) is 78.2 Å². The van der Waals surface area contributed by atoms with Gasteiger partial charge in [0.25, 0.3) is 0 Å². The number of hydrogen-bond donors (Lipinski definition) is 1. The fourth-order valence-electron chi connectivity index (χ4n) is 7.45. The minimum atomic E-state index is -0.0747. The van der Waals surface area contributed by atoms with Crippen LogP contribution >= 0.6 is 0 Å². The summed E-state index contributed by atoms with van der Waals surface area (Å²) in [4.78, 5) is 12.1. The van der Waals surface area contributed by atoms with E-state index in [0.29, 0.717) is 23.0 Å². The van der Waals surface area contributed by atoms with Crippen LogP contribution in [-0.2, 0) is 4.79 Å². The second-order valence-corrected chi connectivity index (χ2v) is 9.50. The van der Waals surface area contributed by atoms with Crippen molar-refractivity contribution < 1.29 is 9.90 Å². The van der Waals surface area contributed by atoms with Crippen LogP contribution in [0.15, 0.2) is 0 Å². The quantitative estimate of drug-likeness (QED) is 0.728. The SMILES string of the molecule is C[C@H]1CC(=O)C[C@@H]2CC[C@@H]3[C@H]4CC[C@@H](O)[C@]4(C)CC[C@H]3[C@]21C. The lowest BCUT2D eigenvalue weighted by atomic mass is 9.43. The van der Waals surface area contributed by atoms with Gasteiger partial charge in [0.15, 0.2) is 0 Å². The third-order valence-corrected chi connectivity index (χ3v) is 8.98. The van der Waals surface area contributed by atoms with E-state index in [0.717, 1.165) is 37.0 Å². The molecule has 4 aliphatic rings. The Morgan fingerprint density at radius 3 is 2.55 bits per heavy atom. The molecule has 0 aromatic heterocycles. The maximum absolute atomic E-state index is 12.1. The second-order valence-electron chi connectivity index (χ2n) is 9.50. The molecule has 1 N–H and O–H groups in total. The summed E-state index contributed by atoms with van der Waals surface area (Å²) in [6, 6.07) is 0. The molecule has 4 fully saturated rings. The fraction of sp³-hybridized carbons (Fsp3) is 0.950. The maximum Gasteiger partial charge on any atom is 0.133 e. The minimum Gasteiger partial charge on any atom is -0.393 e. The number of ketones is 1. The highest BCUT2D eigenvalue weighted by atomic mass is 16.3. The van der Waals surface area contributed by atoms with Crippen molar-refractivity contribution in [1.82, 2.24) is 0 Å². The van der Waals surface area contributed by atoms with Crippen LogP contribution in [0.2, 0.25) is 0 Å². The lowest BCUT2D eigenvalue weighted by Gasteiger charge is -2.62. The summed E-state index contributed by atoms with van der Waals surface area (Å²) in [5, 5.41) is 10.5. The number of Topliss-reactive ketones (excluding diaryl/α,β-unsaturated/α-hetero) is 1. The van der Waals surface area contributed by atoms with Crippen LogP contribution in [0.4, 0.5) is 0 Å². The van der Waals surface area contributed by atoms with Crippen molar-refractivity contribution in [2.75, 3.05) is 0 Å². The van der Waals surface area contributed by atoms with Gasteiger partial charge in [-0.25, -0.2) is 0 Å². The summed E-state index contributed by atoms with van der Waals surface area (Å²) in [5.41, 5.74) is 0.545. The Morgan fingerprint density at radius 2 is 1.77 bits per heavy atom. The molecule has 2 nitrogen and oxygen atoms in total. The Kier molecular flexibility index (Phi) is 3.32. The molecule has 0 aromatic carbocycles. The average Bonchev–Trinajstić information content (AvgIpc) is 2.77. The smallest absolute Gasteiger partial charge is 0.133 e. The van der Waals surface area contributed by atoms with E-state index in [1.807, 2.05) is 0 Å². The Hall–Kier alpha value is -0.370. The van der Waals surface area contributed by atoms with Gasteiger partial charge in [-0.15, -0.1) is 0 Å². The van der Waals surface area contributed by atoms with Gasteiger partial charge in [-0.05, 0) is 78.9 Å². The normalized spacial score (nSPS) is 57.9. The van der Waals surface area contributed by atoms with Crippen molar-refractivity contribution in [1.29, 1.82) is 0 Å². The first-order valence-corrected chi connectivity index (χ1v) is 9.57. The molecule has 0 saturated heterocycles. The summed E-state index contributed by atoms with van der Waals surface area (Å²) >= 11 is 0. The van der Waals surface area contributed by atoms with E-state index in [4.69, 9.17) is 0 Å². The van der Waals surface area contributed by atoms with Crippen LogP contribution in [0.25, 0.3) is 0 Å². The van der Waals surface area contributed by atoms with E-state index in [1.54, 1.807) is 0 Å². The van der Waals surface area contributed by atoms with E-state index < -0.39 is 0 Å². The Bertz CT molecular complexity index is 486. The highest BCUT2D eigenvalue weighted by molar-refractivity contribution is 5.80. The maximum atomic E-state index is 12.1. The zero-order valence-electron chi connectivity index (χ0n) is 14.5. The first kappa shape index (κ1) is 15.2. The lowest BCUT2D eigenvalue weighted by molar-refractivity contribution is -0.154. The molecule has 2 heteroatoms. The molecule has 22 heavy (non-hydrogen) atoms. The zero-order valence-corrected chi connectivity index (χ0v) is 14.5. The van der Waals surface area contributed by atoms with Crippen LogP contribution in [-0.4, -0.2) is 17.0 Å². The molecule has 124 valence electrons. The molecule has 4 rings (SSSR count). The molecule has 0 spiro atoms. The Morgan fingerprint density at radius 1 is 1.00 bits per heavy atom. The van der Waals surface area contributed by atoms with Crippen molar-refractivity contribution in [3.05, 3.63) is 0 Å². The highest BCUT2D eigenvalue weighted by Crippen LogP contribution is 2.66. The lowest BCUT2D eigenvalue weighted by Crippen LogP contribution is -2.56. The molecule has 0 amide bonds. The number of carbonyl (C=O) groups excluding carboxylic acids is 1. The van der Waals surface area contributed by atoms with Gasteiger partial charge >= 0.3 is 0 Å². The van der Waals surface area contributed by atoms with Crippen molar-refractivity contribution >= 4 is 5.78 Å². The van der Waals surface area contributed by atoms with Crippen LogP contribution in [0, 0.1) is 40.4 Å². The van der Waals surface area contributed by atoms with Crippen molar-refractivity contribution in [3.8, 4) is 0 Å². The molecule has 0 unspecified atom stereocenters. The number of hydrogen-bond acceptors (Lipinski definition) is 2. The molecule has 0 radical (unpaired) electrons. The van der Waals surface area contributed by atoms with Crippen LogP contribution < -0.4 is 0 Å². The highest BCUT2D eigenvalue weighted by Gasteiger charge is 2.61. The molecule has 4 saturated carbocycles. The first-order chi connectivity index (χ1) is 10.4. The van der Waals surface area contributed by atoms with E-state index in [9.17, 15) is 9.90 Å². The summed E-state index contributed by atoms with van der Waals surface area (Å²) < 4.78 is 0. The van der Waals surface area contributed by atoms with Gasteiger partial charge in [0.05, 0.1) is 6.10 Å². The summed E-state index contributed by atoms with van der Waals surface area (Å²) in [6.07, 6.45) is 8.84. The minimum absolute atomic E-state index is 0.0747. The van der Waals surface area contributed by atoms with Crippen LogP contribution in [0.1, 0.15) is 72.1 Å². The van der Waals surface area contributed by atoms with Gasteiger partial charge < -0.3 is 5.11 Å². The van der Waals surface area contributed by atoms with E-state index >= 15 is 0 Å². The number of aliphatic hydroxyl groups excluding tert-OH is 1. The number of fused-ring (bicyclic) bond motifs is 5. The number of aliphatic hydroxyl groups is 1. The third-order valence-electron chi connectivity index (χ3n) is 8.98. The standard InChI is InChI=1S/C20H32O2/c1-12-10-14(21)11-13-4-5-15-16-6-7-18(22)19(16,2)9-8-17(15)20(12,13)3/h12-13,15-18,22H,4-11H2,1-3H3/t12-,13-,15+,16+,17+,18+,19+,20-/m0/s1. The fourth-order valence-corrected chi connectivity index (χ4v) is 7.45. The van der Waals surface area contributed by atoms with Gasteiger partial charge in [-0.3, -0.25) is 4.79 Å². The monoisotopic (exact) mass is 304 g/mol. The van der Waals surface area contributed by atoms with Crippen LogP contribution in [0.5, 0.6) is 0 Å². The largest absolute Gasteiger partial charge is 0.393 e.